The number of halogens is 3. The van der Waals surface area contributed by atoms with Gasteiger partial charge in [0.1, 0.15) is 5.02 Å². The minimum absolute atomic E-state index is 0.149. The van der Waals surface area contributed by atoms with Crippen LogP contribution >= 0.6 is 11.6 Å². The molecule has 0 aromatic carbocycles. The Bertz CT molecular complexity index is 364. The highest BCUT2D eigenvalue weighted by molar-refractivity contribution is 6.31. The van der Waals surface area contributed by atoms with E-state index in [-0.39, 0.29) is 10.9 Å². The summed E-state index contributed by atoms with van der Waals surface area (Å²) in [6, 6.07) is 0.746. The molecule has 0 amide bonds. The van der Waals surface area contributed by atoms with E-state index in [0.29, 0.717) is 0 Å². The predicted octanol–water partition coefficient (Wildman–Crippen LogP) is 1.97. The maximum atomic E-state index is 12.1. The van der Waals surface area contributed by atoms with E-state index in [1.807, 2.05) is 0 Å². The van der Waals surface area contributed by atoms with E-state index >= 15 is 0 Å². The summed E-state index contributed by atoms with van der Waals surface area (Å²) in [5, 5.41) is -0.230. The van der Waals surface area contributed by atoms with Gasteiger partial charge in [0.25, 0.3) is 6.43 Å². The highest BCUT2D eigenvalue weighted by atomic mass is 35.5. The molecule has 6 heteroatoms. The number of alkyl halides is 2. The van der Waals surface area contributed by atoms with Gasteiger partial charge in [-0.25, -0.2) is 8.78 Å². The molecule has 13 heavy (non-hydrogen) atoms. The van der Waals surface area contributed by atoms with Gasteiger partial charge in [-0.15, -0.1) is 0 Å². The van der Waals surface area contributed by atoms with Crippen molar-refractivity contribution in [2.24, 2.45) is 0 Å². The summed E-state index contributed by atoms with van der Waals surface area (Å²) < 4.78 is 28.8. The third kappa shape index (κ3) is 1.98. The van der Waals surface area contributed by atoms with Gasteiger partial charge in [-0.1, -0.05) is 11.6 Å². The fourth-order valence-electron chi connectivity index (χ4n) is 0.797. The summed E-state index contributed by atoms with van der Waals surface area (Å²) in [4.78, 5) is 13.2. The van der Waals surface area contributed by atoms with Gasteiger partial charge in [0.15, 0.2) is 0 Å². The number of aromatic amines is 1. The molecule has 1 aromatic rings. The van der Waals surface area contributed by atoms with Crippen LogP contribution < -0.4 is 10.2 Å². The zero-order chi connectivity index (χ0) is 10.0. The lowest BCUT2D eigenvalue weighted by molar-refractivity contribution is 0.145. The van der Waals surface area contributed by atoms with Crippen LogP contribution in [0.5, 0.6) is 5.88 Å². The lowest BCUT2D eigenvalue weighted by Crippen LogP contribution is -2.07. The quantitative estimate of drug-likeness (QED) is 0.809. The molecule has 0 unspecified atom stereocenters. The third-order valence-corrected chi connectivity index (χ3v) is 1.76. The Morgan fingerprint density at radius 3 is 2.69 bits per heavy atom. The zero-order valence-corrected chi connectivity index (χ0v) is 7.36. The van der Waals surface area contributed by atoms with Gasteiger partial charge in [0.2, 0.25) is 11.3 Å². The number of ether oxygens (including phenoxy) is 1. The summed E-state index contributed by atoms with van der Waals surface area (Å²) in [5.74, 6) is -0.149. The van der Waals surface area contributed by atoms with Crippen molar-refractivity contribution in [1.82, 2.24) is 4.98 Å². The second-order valence-electron chi connectivity index (χ2n) is 2.24. The Kier molecular flexibility index (Phi) is 2.87. The number of H-pyrrole nitrogens is 1. The van der Waals surface area contributed by atoms with Gasteiger partial charge < -0.3 is 9.72 Å². The van der Waals surface area contributed by atoms with E-state index in [2.05, 4.69) is 9.72 Å². The molecular formula is C7H6ClF2NO2. The number of aromatic nitrogens is 1. The first-order valence-electron chi connectivity index (χ1n) is 3.31. The Morgan fingerprint density at radius 1 is 1.62 bits per heavy atom. The number of hydrogen-bond acceptors (Lipinski definition) is 2. The second-order valence-corrected chi connectivity index (χ2v) is 2.61. The topological polar surface area (TPSA) is 42.1 Å². The van der Waals surface area contributed by atoms with Crippen molar-refractivity contribution in [1.29, 1.82) is 0 Å². The van der Waals surface area contributed by atoms with Crippen LogP contribution in [0.4, 0.5) is 8.78 Å². The van der Waals surface area contributed by atoms with E-state index in [0.717, 1.165) is 6.07 Å². The molecule has 72 valence electrons. The minimum Gasteiger partial charge on any atom is -0.481 e. The van der Waals surface area contributed by atoms with Gasteiger partial charge in [0.05, 0.1) is 12.8 Å². The van der Waals surface area contributed by atoms with Crippen molar-refractivity contribution in [3.63, 3.8) is 0 Å². The normalized spacial score (nSPS) is 10.5. The van der Waals surface area contributed by atoms with Gasteiger partial charge in [0, 0.05) is 6.07 Å². The van der Waals surface area contributed by atoms with Crippen molar-refractivity contribution in [2.45, 2.75) is 6.43 Å². The SMILES string of the molecule is COc1[nH]c(C(F)F)cc(=O)c1Cl. The predicted molar refractivity (Wildman–Crippen MR) is 43.6 cm³/mol. The van der Waals surface area contributed by atoms with Crippen molar-refractivity contribution in [3.8, 4) is 5.88 Å². The maximum absolute atomic E-state index is 12.1. The summed E-state index contributed by atoms with van der Waals surface area (Å²) in [5.41, 5.74) is -1.20. The molecule has 1 N–H and O–H groups in total. The summed E-state index contributed by atoms with van der Waals surface area (Å²) in [6.07, 6.45) is -2.75. The number of methoxy groups -OCH3 is 1. The molecule has 0 atom stereocenters. The van der Waals surface area contributed by atoms with Crippen LogP contribution in [0.15, 0.2) is 10.9 Å². The molecule has 1 aromatic heterocycles. The van der Waals surface area contributed by atoms with E-state index in [1.165, 1.54) is 7.11 Å². The monoisotopic (exact) mass is 209 g/mol. The van der Waals surface area contributed by atoms with E-state index in [9.17, 15) is 13.6 Å². The van der Waals surface area contributed by atoms with Crippen LogP contribution in [0, 0.1) is 0 Å². The van der Waals surface area contributed by atoms with Crippen LogP contribution in [0.25, 0.3) is 0 Å². The van der Waals surface area contributed by atoms with Crippen molar-refractivity contribution < 1.29 is 13.5 Å². The standard InChI is InChI=1S/C7H6ClF2NO2/c1-13-7-5(8)4(12)2-3(11-7)6(9)10/h2,6H,1H3,(H,11,12). The Labute approximate surface area is 77.3 Å². The van der Waals surface area contributed by atoms with E-state index < -0.39 is 17.5 Å². The van der Waals surface area contributed by atoms with Gasteiger partial charge in [-0.05, 0) is 0 Å². The van der Waals surface area contributed by atoms with Crippen molar-refractivity contribution in [2.75, 3.05) is 7.11 Å². The maximum Gasteiger partial charge on any atom is 0.278 e. The van der Waals surface area contributed by atoms with Crippen molar-refractivity contribution >= 4 is 11.6 Å². The average molecular weight is 210 g/mol. The summed E-state index contributed by atoms with van der Waals surface area (Å²) >= 11 is 5.46. The highest BCUT2D eigenvalue weighted by Gasteiger charge is 2.13. The van der Waals surface area contributed by atoms with Gasteiger partial charge >= 0.3 is 0 Å². The minimum atomic E-state index is -2.75. The fourth-order valence-corrected chi connectivity index (χ4v) is 0.976. The lowest BCUT2D eigenvalue weighted by atomic mass is 10.3. The summed E-state index contributed by atoms with van der Waals surface area (Å²) in [7, 11) is 1.23. The summed E-state index contributed by atoms with van der Waals surface area (Å²) in [6.45, 7) is 0. The van der Waals surface area contributed by atoms with Crippen LogP contribution in [0.2, 0.25) is 5.02 Å². The number of nitrogens with one attached hydrogen (secondary N) is 1. The molecule has 0 spiro atoms. The van der Waals surface area contributed by atoms with Crippen LogP contribution in [-0.4, -0.2) is 12.1 Å². The largest absolute Gasteiger partial charge is 0.481 e. The molecule has 0 aliphatic rings. The molecule has 0 saturated carbocycles. The molecule has 0 aliphatic heterocycles. The molecule has 3 nitrogen and oxygen atoms in total. The Balaban J connectivity index is 3.31. The molecule has 0 bridgehead atoms. The average Bonchev–Trinajstić information content (AvgIpc) is 2.09. The van der Waals surface area contributed by atoms with Gasteiger partial charge in [-0.3, -0.25) is 4.79 Å². The molecular weight excluding hydrogens is 204 g/mol. The second kappa shape index (κ2) is 3.74. The van der Waals surface area contributed by atoms with Crippen LogP contribution in [0.1, 0.15) is 12.1 Å². The molecule has 0 radical (unpaired) electrons. The molecule has 1 heterocycles. The number of pyridine rings is 1. The third-order valence-electron chi connectivity index (χ3n) is 1.40. The smallest absolute Gasteiger partial charge is 0.278 e. The Morgan fingerprint density at radius 2 is 2.23 bits per heavy atom. The molecule has 0 saturated heterocycles. The highest BCUT2D eigenvalue weighted by Crippen LogP contribution is 2.22. The first-order chi connectivity index (χ1) is 6.06. The lowest BCUT2D eigenvalue weighted by Gasteiger charge is -2.05. The van der Waals surface area contributed by atoms with E-state index in [4.69, 9.17) is 11.6 Å². The number of rotatable bonds is 2. The van der Waals surface area contributed by atoms with Crippen molar-refractivity contribution in [3.05, 3.63) is 27.0 Å². The van der Waals surface area contributed by atoms with Gasteiger partial charge in [-0.2, -0.15) is 0 Å². The first-order valence-corrected chi connectivity index (χ1v) is 3.69. The van der Waals surface area contributed by atoms with Crippen LogP contribution in [-0.2, 0) is 0 Å². The first kappa shape index (κ1) is 9.98. The van der Waals surface area contributed by atoms with E-state index in [1.54, 1.807) is 0 Å². The van der Waals surface area contributed by atoms with Crippen LogP contribution in [0.3, 0.4) is 0 Å². The Hall–Kier alpha value is -1.10. The zero-order valence-electron chi connectivity index (χ0n) is 6.61. The molecule has 0 fully saturated rings. The fraction of sp³-hybridized carbons (Fsp3) is 0.286. The molecule has 1 rings (SSSR count). The molecule has 0 aliphatic carbocycles. The number of hydrogen-bond donors (Lipinski definition) is 1.